The second-order valence-corrected chi connectivity index (χ2v) is 5.18. The van der Waals surface area contributed by atoms with Crippen LogP contribution in [0.2, 0.25) is 0 Å². The largest absolute Gasteiger partial charge is 0.486 e. The van der Waals surface area contributed by atoms with Gasteiger partial charge in [0.1, 0.15) is 19.3 Å². The third-order valence-corrected chi connectivity index (χ3v) is 3.62. The number of hydrogen-bond acceptors (Lipinski definition) is 4. The van der Waals surface area contributed by atoms with Gasteiger partial charge in [0, 0.05) is 18.9 Å². The number of ether oxygens (including phenoxy) is 2. The van der Waals surface area contributed by atoms with Crippen LogP contribution in [0.3, 0.4) is 0 Å². The van der Waals surface area contributed by atoms with Crippen molar-refractivity contribution in [2.75, 3.05) is 19.8 Å². The number of benzene rings is 1. The zero-order valence-corrected chi connectivity index (χ0v) is 12.5. The van der Waals surface area contributed by atoms with Crippen LogP contribution in [0.4, 0.5) is 0 Å². The van der Waals surface area contributed by atoms with Crippen LogP contribution in [0, 0.1) is 0 Å². The summed E-state index contributed by atoms with van der Waals surface area (Å²) in [5.41, 5.74) is 1.11. The van der Waals surface area contributed by atoms with Crippen LogP contribution < -0.4 is 14.8 Å². The van der Waals surface area contributed by atoms with E-state index in [0.29, 0.717) is 19.8 Å². The van der Waals surface area contributed by atoms with Gasteiger partial charge in [-0.2, -0.15) is 5.10 Å². The number of nitrogens with one attached hydrogen (secondary N) is 1. The van der Waals surface area contributed by atoms with E-state index in [9.17, 15) is 4.79 Å². The molecular weight excluding hydrogens is 282 g/mol. The highest BCUT2D eigenvalue weighted by Crippen LogP contribution is 2.30. The summed E-state index contributed by atoms with van der Waals surface area (Å²) in [6.45, 7) is 3.57. The van der Waals surface area contributed by atoms with E-state index in [1.54, 1.807) is 23.1 Å². The molecule has 0 aliphatic carbocycles. The summed E-state index contributed by atoms with van der Waals surface area (Å²) in [6.07, 6.45) is 4.19. The SMILES string of the molecule is C[C@H](C(=O)NCCc1ccc2c(c1)OCCO2)n1cccn1. The highest BCUT2D eigenvalue weighted by Gasteiger charge is 2.15. The number of amides is 1. The fourth-order valence-corrected chi connectivity index (χ4v) is 2.35. The van der Waals surface area contributed by atoms with Crippen LogP contribution in [-0.2, 0) is 11.2 Å². The zero-order chi connectivity index (χ0) is 15.4. The highest BCUT2D eigenvalue weighted by atomic mass is 16.6. The quantitative estimate of drug-likeness (QED) is 0.910. The van der Waals surface area contributed by atoms with Gasteiger partial charge in [0.15, 0.2) is 11.5 Å². The van der Waals surface area contributed by atoms with Crippen molar-refractivity contribution >= 4 is 5.91 Å². The molecule has 1 aromatic heterocycles. The van der Waals surface area contributed by atoms with Crippen LogP contribution in [0.25, 0.3) is 0 Å². The molecule has 0 spiro atoms. The van der Waals surface area contributed by atoms with E-state index < -0.39 is 0 Å². The molecule has 0 fully saturated rings. The Balaban J connectivity index is 1.51. The molecule has 3 rings (SSSR count). The van der Waals surface area contributed by atoms with Crippen LogP contribution >= 0.6 is 0 Å². The molecule has 0 unspecified atom stereocenters. The Labute approximate surface area is 129 Å². The maximum absolute atomic E-state index is 12.0. The maximum Gasteiger partial charge on any atom is 0.244 e. The number of carbonyl (C=O) groups excluding carboxylic acids is 1. The molecule has 1 atom stereocenters. The second-order valence-electron chi connectivity index (χ2n) is 5.18. The van der Waals surface area contributed by atoms with Crippen molar-refractivity contribution in [1.29, 1.82) is 0 Å². The normalized spacial score (nSPS) is 14.4. The molecule has 6 heteroatoms. The molecule has 1 N–H and O–H groups in total. The van der Waals surface area contributed by atoms with Gasteiger partial charge in [0.2, 0.25) is 5.91 Å². The molecule has 6 nitrogen and oxygen atoms in total. The lowest BCUT2D eigenvalue weighted by atomic mass is 10.1. The van der Waals surface area contributed by atoms with Crippen molar-refractivity contribution < 1.29 is 14.3 Å². The number of carbonyl (C=O) groups is 1. The smallest absolute Gasteiger partial charge is 0.244 e. The van der Waals surface area contributed by atoms with Crippen LogP contribution in [-0.4, -0.2) is 35.4 Å². The van der Waals surface area contributed by atoms with E-state index in [4.69, 9.17) is 9.47 Å². The van der Waals surface area contributed by atoms with Gasteiger partial charge >= 0.3 is 0 Å². The van der Waals surface area contributed by atoms with E-state index in [1.807, 2.05) is 25.1 Å². The van der Waals surface area contributed by atoms with Gasteiger partial charge in [0.05, 0.1) is 0 Å². The van der Waals surface area contributed by atoms with Gasteiger partial charge in [-0.15, -0.1) is 0 Å². The average Bonchev–Trinajstić information content (AvgIpc) is 3.08. The topological polar surface area (TPSA) is 65.4 Å². The lowest BCUT2D eigenvalue weighted by Crippen LogP contribution is -2.32. The van der Waals surface area contributed by atoms with Crippen molar-refractivity contribution in [3.63, 3.8) is 0 Å². The van der Waals surface area contributed by atoms with Gasteiger partial charge in [-0.3, -0.25) is 9.48 Å². The fourth-order valence-electron chi connectivity index (χ4n) is 2.35. The van der Waals surface area contributed by atoms with E-state index in [2.05, 4.69) is 10.4 Å². The van der Waals surface area contributed by atoms with Crippen molar-refractivity contribution in [1.82, 2.24) is 15.1 Å². The fraction of sp³-hybridized carbons (Fsp3) is 0.375. The van der Waals surface area contributed by atoms with Crippen LogP contribution in [0.15, 0.2) is 36.7 Å². The molecule has 1 amide bonds. The van der Waals surface area contributed by atoms with Gasteiger partial charge in [-0.1, -0.05) is 6.07 Å². The summed E-state index contributed by atoms with van der Waals surface area (Å²) >= 11 is 0. The molecule has 1 aliphatic heterocycles. The number of nitrogens with zero attached hydrogens (tertiary/aromatic N) is 2. The van der Waals surface area contributed by atoms with E-state index in [1.165, 1.54) is 0 Å². The van der Waals surface area contributed by atoms with E-state index in [-0.39, 0.29) is 11.9 Å². The maximum atomic E-state index is 12.0. The van der Waals surface area contributed by atoms with E-state index in [0.717, 1.165) is 23.5 Å². The van der Waals surface area contributed by atoms with Crippen molar-refractivity contribution in [3.05, 3.63) is 42.2 Å². The molecular formula is C16H19N3O3. The Hall–Kier alpha value is -2.50. The van der Waals surface area contributed by atoms with Crippen molar-refractivity contribution in [2.24, 2.45) is 0 Å². The predicted octanol–water partition coefficient (Wildman–Crippen LogP) is 1.57. The summed E-state index contributed by atoms with van der Waals surface area (Å²) < 4.78 is 12.7. The van der Waals surface area contributed by atoms with E-state index >= 15 is 0 Å². The number of rotatable bonds is 5. The molecule has 2 heterocycles. The molecule has 116 valence electrons. The summed E-state index contributed by atoms with van der Waals surface area (Å²) in [4.78, 5) is 12.0. The Morgan fingerprint density at radius 1 is 1.36 bits per heavy atom. The van der Waals surface area contributed by atoms with Crippen LogP contribution in [0.5, 0.6) is 11.5 Å². The summed E-state index contributed by atoms with van der Waals surface area (Å²) in [5.74, 6) is 1.52. The minimum atomic E-state index is -0.310. The lowest BCUT2D eigenvalue weighted by molar-refractivity contribution is -0.124. The Kier molecular flexibility index (Phi) is 4.27. The first-order chi connectivity index (χ1) is 10.7. The average molecular weight is 301 g/mol. The summed E-state index contributed by atoms with van der Waals surface area (Å²) in [5, 5.41) is 7.00. The molecule has 22 heavy (non-hydrogen) atoms. The minimum absolute atomic E-state index is 0.0405. The second kappa shape index (κ2) is 6.51. The van der Waals surface area contributed by atoms with Gasteiger partial charge < -0.3 is 14.8 Å². The minimum Gasteiger partial charge on any atom is -0.486 e. The third-order valence-electron chi connectivity index (χ3n) is 3.62. The zero-order valence-electron chi connectivity index (χ0n) is 12.5. The number of hydrogen-bond donors (Lipinski definition) is 1. The van der Waals surface area contributed by atoms with Gasteiger partial charge in [-0.25, -0.2) is 0 Å². The number of fused-ring (bicyclic) bond motifs is 1. The predicted molar refractivity (Wildman–Crippen MR) is 81.1 cm³/mol. The molecule has 1 aliphatic rings. The van der Waals surface area contributed by atoms with Crippen molar-refractivity contribution in [3.8, 4) is 11.5 Å². The highest BCUT2D eigenvalue weighted by molar-refractivity contribution is 5.79. The van der Waals surface area contributed by atoms with Gasteiger partial charge in [0.25, 0.3) is 0 Å². The van der Waals surface area contributed by atoms with Gasteiger partial charge in [-0.05, 0) is 37.1 Å². The van der Waals surface area contributed by atoms with Crippen molar-refractivity contribution in [2.45, 2.75) is 19.4 Å². The molecule has 1 aromatic carbocycles. The first-order valence-electron chi connectivity index (χ1n) is 7.39. The standard InChI is InChI=1S/C16H19N3O3/c1-12(19-8-2-6-18-19)16(20)17-7-5-13-3-4-14-15(11-13)22-10-9-21-14/h2-4,6,8,11-12H,5,7,9-10H2,1H3,(H,17,20)/t12-/m1/s1. The summed E-state index contributed by atoms with van der Waals surface area (Å²) in [6, 6.07) is 7.38. The monoisotopic (exact) mass is 301 g/mol. The Morgan fingerprint density at radius 3 is 2.95 bits per heavy atom. The Bertz CT molecular complexity index is 640. The summed E-state index contributed by atoms with van der Waals surface area (Å²) in [7, 11) is 0. The molecule has 0 bridgehead atoms. The molecule has 0 radical (unpaired) electrons. The Morgan fingerprint density at radius 2 is 2.18 bits per heavy atom. The lowest BCUT2D eigenvalue weighted by Gasteiger charge is -2.19. The molecule has 0 saturated carbocycles. The molecule has 2 aromatic rings. The number of aromatic nitrogens is 2. The first-order valence-corrected chi connectivity index (χ1v) is 7.39. The molecule has 0 saturated heterocycles. The first kappa shape index (κ1) is 14.4. The third kappa shape index (κ3) is 3.21. The van der Waals surface area contributed by atoms with Crippen LogP contribution in [0.1, 0.15) is 18.5 Å².